The SMILES string of the molecule is COCCNCCNC(=O)c1ccc(Cl)o1. The Balaban J connectivity index is 2.11. The van der Waals surface area contributed by atoms with Crippen molar-refractivity contribution in [3.8, 4) is 0 Å². The molecular weight excluding hydrogens is 232 g/mol. The Kier molecular flexibility index (Phi) is 5.92. The predicted octanol–water partition coefficient (Wildman–Crippen LogP) is 0.899. The Hall–Kier alpha value is -1.04. The topological polar surface area (TPSA) is 63.5 Å². The molecule has 0 fully saturated rings. The summed E-state index contributed by atoms with van der Waals surface area (Å²) in [7, 11) is 1.64. The summed E-state index contributed by atoms with van der Waals surface area (Å²) in [4.78, 5) is 11.4. The molecule has 1 rings (SSSR count). The van der Waals surface area contributed by atoms with Crippen LogP contribution in [-0.2, 0) is 4.74 Å². The van der Waals surface area contributed by atoms with Crippen LogP contribution in [0.3, 0.4) is 0 Å². The van der Waals surface area contributed by atoms with Crippen LogP contribution in [0.1, 0.15) is 10.6 Å². The van der Waals surface area contributed by atoms with Gasteiger partial charge in [0.15, 0.2) is 11.0 Å². The fourth-order valence-corrected chi connectivity index (χ4v) is 1.23. The van der Waals surface area contributed by atoms with Crippen molar-refractivity contribution in [1.82, 2.24) is 10.6 Å². The van der Waals surface area contributed by atoms with Crippen LogP contribution in [-0.4, -0.2) is 39.3 Å². The Morgan fingerprint density at radius 1 is 1.44 bits per heavy atom. The molecule has 1 heterocycles. The summed E-state index contributed by atoms with van der Waals surface area (Å²) in [6.07, 6.45) is 0. The quantitative estimate of drug-likeness (QED) is 0.702. The molecule has 1 aromatic rings. The molecule has 0 saturated carbocycles. The lowest BCUT2D eigenvalue weighted by atomic mass is 10.4. The van der Waals surface area contributed by atoms with Crippen molar-refractivity contribution >= 4 is 17.5 Å². The number of carbonyl (C=O) groups is 1. The van der Waals surface area contributed by atoms with Gasteiger partial charge in [-0.3, -0.25) is 4.79 Å². The molecule has 6 heteroatoms. The van der Waals surface area contributed by atoms with Gasteiger partial charge in [-0.15, -0.1) is 0 Å². The number of carbonyl (C=O) groups excluding carboxylic acids is 1. The molecule has 0 bridgehead atoms. The summed E-state index contributed by atoms with van der Waals surface area (Å²) in [6.45, 7) is 2.63. The molecule has 0 aromatic carbocycles. The first kappa shape index (κ1) is 13.0. The molecule has 0 aliphatic heterocycles. The zero-order valence-corrected chi connectivity index (χ0v) is 9.84. The minimum Gasteiger partial charge on any atom is -0.440 e. The maximum Gasteiger partial charge on any atom is 0.287 e. The first-order chi connectivity index (χ1) is 7.74. The van der Waals surface area contributed by atoms with Gasteiger partial charge in [-0.2, -0.15) is 0 Å². The van der Waals surface area contributed by atoms with E-state index in [1.54, 1.807) is 7.11 Å². The van der Waals surface area contributed by atoms with E-state index in [1.807, 2.05) is 0 Å². The van der Waals surface area contributed by atoms with Gasteiger partial charge in [-0.25, -0.2) is 0 Å². The monoisotopic (exact) mass is 246 g/mol. The van der Waals surface area contributed by atoms with Gasteiger partial charge in [0.1, 0.15) is 0 Å². The van der Waals surface area contributed by atoms with Gasteiger partial charge < -0.3 is 19.8 Å². The average molecular weight is 247 g/mol. The molecular formula is C10H15ClN2O3. The third-order valence-electron chi connectivity index (χ3n) is 1.87. The Morgan fingerprint density at radius 3 is 2.88 bits per heavy atom. The molecule has 0 saturated heterocycles. The van der Waals surface area contributed by atoms with E-state index in [1.165, 1.54) is 12.1 Å². The number of hydrogen-bond acceptors (Lipinski definition) is 4. The lowest BCUT2D eigenvalue weighted by Crippen LogP contribution is -2.32. The summed E-state index contributed by atoms with van der Waals surface area (Å²) in [5.74, 6) is -0.0395. The lowest BCUT2D eigenvalue weighted by molar-refractivity contribution is 0.0926. The lowest BCUT2D eigenvalue weighted by Gasteiger charge is -2.04. The number of rotatable bonds is 7. The zero-order valence-electron chi connectivity index (χ0n) is 9.09. The highest BCUT2D eigenvalue weighted by Gasteiger charge is 2.08. The average Bonchev–Trinajstić information content (AvgIpc) is 2.70. The number of amides is 1. The number of nitrogens with one attached hydrogen (secondary N) is 2. The van der Waals surface area contributed by atoms with E-state index in [0.717, 1.165) is 6.54 Å². The third kappa shape index (κ3) is 4.65. The highest BCUT2D eigenvalue weighted by molar-refractivity contribution is 6.29. The van der Waals surface area contributed by atoms with E-state index in [9.17, 15) is 4.79 Å². The second-order valence-electron chi connectivity index (χ2n) is 3.10. The molecule has 0 spiro atoms. The molecule has 0 unspecified atom stereocenters. The van der Waals surface area contributed by atoms with Gasteiger partial charge in [-0.1, -0.05) is 0 Å². The number of halogens is 1. The van der Waals surface area contributed by atoms with Crippen LogP contribution < -0.4 is 10.6 Å². The molecule has 0 radical (unpaired) electrons. The number of methoxy groups -OCH3 is 1. The van der Waals surface area contributed by atoms with E-state index < -0.39 is 0 Å². The molecule has 0 aliphatic rings. The summed E-state index contributed by atoms with van der Waals surface area (Å²) in [5.41, 5.74) is 0. The van der Waals surface area contributed by atoms with Gasteiger partial charge in [0.05, 0.1) is 6.61 Å². The summed E-state index contributed by atoms with van der Waals surface area (Å²) in [6, 6.07) is 3.07. The highest BCUT2D eigenvalue weighted by atomic mass is 35.5. The fourth-order valence-electron chi connectivity index (χ4n) is 1.09. The van der Waals surface area contributed by atoms with E-state index in [-0.39, 0.29) is 16.9 Å². The molecule has 16 heavy (non-hydrogen) atoms. The van der Waals surface area contributed by atoms with Crippen LogP contribution in [0.15, 0.2) is 16.5 Å². The first-order valence-corrected chi connectivity index (χ1v) is 5.35. The predicted molar refractivity (Wildman–Crippen MR) is 60.8 cm³/mol. The van der Waals surface area contributed by atoms with Crippen molar-refractivity contribution in [3.63, 3.8) is 0 Å². The van der Waals surface area contributed by atoms with Crippen molar-refractivity contribution in [2.45, 2.75) is 0 Å². The van der Waals surface area contributed by atoms with Crippen LogP contribution in [0.5, 0.6) is 0 Å². The molecule has 2 N–H and O–H groups in total. The molecule has 1 amide bonds. The minimum atomic E-state index is -0.263. The molecule has 5 nitrogen and oxygen atoms in total. The van der Waals surface area contributed by atoms with Crippen LogP contribution in [0.4, 0.5) is 0 Å². The van der Waals surface area contributed by atoms with Crippen LogP contribution in [0, 0.1) is 0 Å². The molecule has 1 aromatic heterocycles. The van der Waals surface area contributed by atoms with Crippen molar-refractivity contribution in [2.75, 3.05) is 33.4 Å². The summed E-state index contributed by atoms with van der Waals surface area (Å²) < 4.78 is 9.82. The summed E-state index contributed by atoms with van der Waals surface area (Å²) >= 11 is 5.55. The van der Waals surface area contributed by atoms with Gasteiger partial charge in [0, 0.05) is 26.7 Å². The molecule has 0 aliphatic carbocycles. The maximum absolute atomic E-state index is 11.4. The fraction of sp³-hybridized carbons (Fsp3) is 0.500. The van der Waals surface area contributed by atoms with Crippen molar-refractivity contribution in [1.29, 1.82) is 0 Å². The van der Waals surface area contributed by atoms with Gasteiger partial charge >= 0.3 is 0 Å². The van der Waals surface area contributed by atoms with E-state index in [0.29, 0.717) is 19.7 Å². The third-order valence-corrected chi connectivity index (χ3v) is 2.07. The zero-order chi connectivity index (χ0) is 11.8. The highest BCUT2D eigenvalue weighted by Crippen LogP contribution is 2.12. The Labute approximate surface area is 99.1 Å². The van der Waals surface area contributed by atoms with Crippen LogP contribution in [0.25, 0.3) is 0 Å². The number of hydrogen-bond donors (Lipinski definition) is 2. The van der Waals surface area contributed by atoms with Crippen molar-refractivity contribution in [2.24, 2.45) is 0 Å². The van der Waals surface area contributed by atoms with Gasteiger partial charge in [0.25, 0.3) is 5.91 Å². The molecule has 90 valence electrons. The number of ether oxygens (including phenoxy) is 1. The van der Waals surface area contributed by atoms with E-state index in [2.05, 4.69) is 10.6 Å². The largest absolute Gasteiger partial charge is 0.440 e. The summed E-state index contributed by atoms with van der Waals surface area (Å²) in [5, 5.41) is 6.01. The van der Waals surface area contributed by atoms with E-state index >= 15 is 0 Å². The minimum absolute atomic E-state index is 0.211. The Bertz CT molecular complexity index is 328. The Morgan fingerprint density at radius 2 is 2.25 bits per heavy atom. The van der Waals surface area contributed by atoms with Crippen LogP contribution >= 0.6 is 11.6 Å². The second kappa shape index (κ2) is 7.27. The molecule has 0 atom stereocenters. The van der Waals surface area contributed by atoms with Gasteiger partial charge in [-0.05, 0) is 23.7 Å². The normalized spacial score (nSPS) is 10.4. The van der Waals surface area contributed by atoms with Crippen LogP contribution in [0.2, 0.25) is 5.22 Å². The van der Waals surface area contributed by atoms with Gasteiger partial charge in [0.2, 0.25) is 0 Å². The first-order valence-electron chi connectivity index (χ1n) is 4.97. The smallest absolute Gasteiger partial charge is 0.287 e. The second-order valence-corrected chi connectivity index (χ2v) is 3.47. The van der Waals surface area contributed by atoms with E-state index in [4.69, 9.17) is 20.8 Å². The standard InChI is InChI=1S/C10H15ClN2O3/c1-15-7-6-12-4-5-13-10(14)8-2-3-9(11)16-8/h2-3,12H,4-7H2,1H3,(H,13,14). The maximum atomic E-state index is 11.4. The van der Waals surface area contributed by atoms with Crippen molar-refractivity contribution in [3.05, 3.63) is 23.1 Å². The number of furan rings is 1. The van der Waals surface area contributed by atoms with Crippen molar-refractivity contribution < 1.29 is 13.9 Å².